The lowest BCUT2D eigenvalue weighted by atomic mass is 10.0. The molecule has 5 nitrogen and oxygen atoms in total. The number of thiophene rings is 1. The van der Waals surface area contributed by atoms with Crippen LogP contribution >= 0.6 is 11.3 Å². The van der Waals surface area contributed by atoms with E-state index in [1.807, 2.05) is 0 Å². The van der Waals surface area contributed by atoms with E-state index in [2.05, 4.69) is 4.74 Å². The number of Topliss-reactive ketones (excluding diaryl/α,β-unsaturated/α-hetero) is 1. The average molecular weight is 238 g/mol. The number of methoxy groups -OCH3 is 1. The predicted octanol–water partition coefficient (Wildman–Crippen LogP) is 1.20. The first-order valence-corrected chi connectivity index (χ1v) is 5.08. The van der Waals surface area contributed by atoms with Crippen molar-refractivity contribution in [3.05, 3.63) is 27.5 Å². The normalized spacial score (nSPS) is 14.4. The molecule has 16 heavy (non-hydrogen) atoms. The second-order valence-electron chi connectivity index (χ2n) is 3.07. The van der Waals surface area contributed by atoms with Crippen LogP contribution in [0, 0.1) is 0 Å². The summed E-state index contributed by atoms with van der Waals surface area (Å²) in [6.45, 7) is 0. The zero-order valence-corrected chi connectivity index (χ0v) is 8.96. The number of esters is 1. The highest BCUT2D eigenvalue weighted by Gasteiger charge is 2.29. The van der Waals surface area contributed by atoms with E-state index in [0.717, 1.165) is 17.4 Å². The van der Waals surface area contributed by atoms with Gasteiger partial charge in [0.2, 0.25) is 11.6 Å². The Morgan fingerprint density at radius 2 is 2.12 bits per heavy atom. The number of fused-ring (bicyclic) bond motifs is 1. The fourth-order valence-corrected chi connectivity index (χ4v) is 2.36. The number of aliphatic hydroxyl groups is 1. The number of rotatable bonds is 1. The van der Waals surface area contributed by atoms with Gasteiger partial charge in [-0.25, -0.2) is 4.79 Å². The van der Waals surface area contributed by atoms with Gasteiger partial charge in [0.15, 0.2) is 0 Å². The van der Waals surface area contributed by atoms with Gasteiger partial charge < -0.3 is 9.84 Å². The first-order chi connectivity index (χ1) is 7.54. The molecule has 0 bridgehead atoms. The van der Waals surface area contributed by atoms with Gasteiger partial charge in [-0.1, -0.05) is 0 Å². The molecule has 0 fully saturated rings. The maximum absolute atomic E-state index is 11.4. The van der Waals surface area contributed by atoms with Crippen LogP contribution in [0.2, 0.25) is 0 Å². The summed E-state index contributed by atoms with van der Waals surface area (Å²) in [5.74, 6) is -2.41. The Morgan fingerprint density at radius 1 is 1.44 bits per heavy atom. The number of aliphatic hydroxyl groups excluding tert-OH is 1. The van der Waals surface area contributed by atoms with E-state index in [0.29, 0.717) is 0 Å². The van der Waals surface area contributed by atoms with E-state index < -0.39 is 17.5 Å². The molecule has 0 amide bonds. The largest absolute Gasteiger partial charge is 0.507 e. The summed E-state index contributed by atoms with van der Waals surface area (Å²) in [7, 11) is 1.21. The Kier molecular flexibility index (Phi) is 2.35. The highest BCUT2D eigenvalue weighted by molar-refractivity contribution is 7.17. The van der Waals surface area contributed by atoms with Crippen LogP contribution in [0.3, 0.4) is 0 Å². The summed E-state index contributed by atoms with van der Waals surface area (Å²) in [6.07, 6.45) is 0.846. The molecule has 2 rings (SSSR count). The maximum Gasteiger partial charge on any atom is 0.348 e. The molecule has 1 N–H and O–H groups in total. The first-order valence-electron chi connectivity index (χ1n) is 4.26. The van der Waals surface area contributed by atoms with E-state index >= 15 is 0 Å². The van der Waals surface area contributed by atoms with Gasteiger partial charge in [0, 0.05) is 11.6 Å². The quantitative estimate of drug-likeness (QED) is 0.587. The minimum absolute atomic E-state index is 0.0744. The minimum Gasteiger partial charge on any atom is -0.507 e. The van der Waals surface area contributed by atoms with Gasteiger partial charge >= 0.3 is 5.97 Å². The van der Waals surface area contributed by atoms with Crippen LogP contribution in [0.25, 0.3) is 5.76 Å². The van der Waals surface area contributed by atoms with Crippen LogP contribution in [0.5, 0.6) is 0 Å². The molecule has 1 heterocycles. The molecule has 6 heteroatoms. The van der Waals surface area contributed by atoms with Gasteiger partial charge in [-0.3, -0.25) is 9.59 Å². The van der Waals surface area contributed by atoms with Crippen LogP contribution in [0.1, 0.15) is 24.9 Å². The molecule has 1 aromatic rings. The second-order valence-corrected chi connectivity index (χ2v) is 4.12. The number of carbonyl (C=O) groups is 3. The van der Waals surface area contributed by atoms with E-state index in [4.69, 9.17) is 0 Å². The fourth-order valence-electron chi connectivity index (χ4n) is 1.33. The Balaban J connectivity index is 2.57. The van der Waals surface area contributed by atoms with Gasteiger partial charge in [0.05, 0.1) is 12.0 Å². The summed E-state index contributed by atoms with van der Waals surface area (Å²) in [5.41, 5.74) is 0.204. The second kappa shape index (κ2) is 3.57. The van der Waals surface area contributed by atoms with Crippen molar-refractivity contribution in [2.45, 2.75) is 0 Å². The number of carbonyl (C=O) groups excluding carboxylic acids is 3. The van der Waals surface area contributed by atoms with E-state index in [1.165, 1.54) is 13.2 Å². The smallest absolute Gasteiger partial charge is 0.348 e. The highest BCUT2D eigenvalue weighted by atomic mass is 32.1. The molecular weight excluding hydrogens is 232 g/mol. The molecular formula is C10H6O5S. The van der Waals surface area contributed by atoms with Crippen molar-refractivity contribution >= 4 is 34.6 Å². The van der Waals surface area contributed by atoms with E-state index in [9.17, 15) is 19.5 Å². The van der Waals surface area contributed by atoms with Gasteiger partial charge in [-0.15, -0.1) is 11.3 Å². The Bertz CT molecular complexity index is 537. The summed E-state index contributed by atoms with van der Waals surface area (Å²) >= 11 is 0.838. The van der Waals surface area contributed by atoms with Crippen molar-refractivity contribution in [1.82, 2.24) is 0 Å². The number of hydrogen-bond acceptors (Lipinski definition) is 6. The van der Waals surface area contributed by atoms with Crippen LogP contribution in [0.15, 0.2) is 12.1 Å². The molecule has 0 radical (unpaired) electrons. The molecule has 1 aromatic heterocycles. The van der Waals surface area contributed by atoms with Crippen molar-refractivity contribution < 1.29 is 24.2 Å². The zero-order chi connectivity index (χ0) is 11.9. The van der Waals surface area contributed by atoms with Crippen LogP contribution in [0.4, 0.5) is 0 Å². The Hall–Kier alpha value is -1.95. The van der Waals surface area contributed by atoms with Crippen molar-refractivity contribution in [2.75, 3.05) is 7.11 Å². The fraction of sp³-hybridized carbons (Fsp3) is 0.100. The monoisotopic (exact) mass is 238 g/mol. The highest BCUT2D eigenvalue weighted by Crippen LogP contribution is 2.31. The number of hydrogen-bond donors (Lipinski definition) is 1. The standard InChI is InChI=1S/C10H6O5S/c1-15-10(14)7-2-4-5(11)3-6(12)8(13)9(4)16-7/h2-3,11H,1H3. The van der Waals surface area contributed by atoms with Crippen molar-refractivity contribution in [3.8, 4) is 0 Å². The molecule has 0 spiro atoms. The molecule has 0 saturated heterocycles. The lowest BCUT2D eigenvalue weighted by molar-refractivity contribution is -0.111. The van der Waals surface area contributed by atoms with Gasteiger partial charge in [0.25, 0.3) is 0 Å². The minimum atomic E-state index is -0.789. The third-order valence-electron chi connectivity index (χ3n) is 2.09. The molecule has 0 aromatic carbocycles. The lowest BCUT2D eigenvalue weighted by Crippen LogP contribution is -2.16. The molecule has 0 aliphatic heterocycles. The van der Waals surface area contributed by atoms with Crippen LogP contribution in [-0.2, 0) is 9.53 Å². The van der Waals surface area contributed by atoms with Gasteiger partial charge in [-0.05, 0) is 6.07 Å². The van der Waals surface area contributed by atoms with Crippen molar-refractivity contribution in [2.24, 2.45) is 0 Å². The number of ether oxygens (including phenoxy) is 1. The van der Waals surface area contributed by atoms with Crippen molar-refractivity contribution in [3.63, 3.8) is 0 Å². The molecule has 0 atom stereocenters. The van der Waals surface area contributed by atoms with E-state index in [-0.39, 0.29) is 21.1 Å². The average Bonchev–Trinajstić information content (AvgIpc) is 2.70. The molecule has 0 saturated carbocycles. The molecule has 1 aliphatic rings. The summed E-state index contributed by atoms with van der Waals surface area (Å²) in [5, 5.41) is 9.46. The topological polar surface area (TPSA) is 80.7 Å². The summed E-state index contributed by atoms with van der Waals surface area (Å²) in [4.78, 5) is 34.0. The number of ketones is 2. The van der Waals surface area contributed by atoms with Crippen LogP contribution in [-0.4, -0.2) is 29.8 Å². The summed E-state index contributed by atoms with van der Waals surface area (Å²) in [6, 6.07) is 1.34. The Labute approximate surface area is 94.0 Å². The molecule has 82 valence electrons. The van der Waals surface area contributed by atoms with Gasteiger partial charge in [-0.2, -0.15) is 0 Å². The summed E-state index contributed by atoms with van der Waals surface area (Å²) < 4.78 is 4.49. The first kappa shape index (κ1) is 10.6. The molecule has 1 aliphatic carbocycles. The zero-order valence-electron chi connectivity index (χ0n) is 8.14. The van der Waals surface area contributed by atoms with Crippen molar-refractivity contribution in [1.29, 1.82) is 0 Å². The number of allylic oxidation sites excluding steroid dienone is 1. The lowest BCUT2D eigenvalue weighted by Gasteiger charge is -2.04. The third kappa shape index (κ3) is 1.43. The van der Waals surface area contributed by atoms with Gasteiger partial charge in [0.1, 0.15) is 10.6 Å². The Morgan fingerprint density at radius 3 is 2.75 bits per heavy atom. The molecule has 0 unspecified atom stereocenters. The predicted molar refractivity (Wildman–Crippen MR) is 55.6 cm³/mol. The van der Waals surface area contributed by atoms with E-state index in [1.54, 1.807) is 0 Å². The SMILES string of the molecule is COC(=O)c1cc2c(s1)C(=O)C(=O)C=C2O. The maximum atomic E-state index is 11.4. The third-order valence-corrected chi connectivity index (χ3v) is 3.21. The van der Waals surface area contributed by atoms with Crippen LogP contribution < -0.4 is 0 Å².